The van der Waals surface area contributed by atoms with Gasteiger partial charge in [-0.15, -0.1) is 0 Å². The maximum atomic E-state index is 12.8. The van der Waals surface area contributed by atoms with Gasteiger partial charge < -0.3 is 14.8 Å². The first-order valence-electron chi connectivity index (χ1n) is 8.90. The Morgan fingerprint density at radius 1 is 0.964 bits per heavy atom. The number of Topliss-reactive ketones (excluding diaryl/α,β-unsaturated/α-hetero) is 1. The molecule has 2 aromatic carbocycles. The second kappa shape index (κ2) is 10.8. The summed E-state index contributed by atoms with van der Waals surface area (Å²) >= 11 is 0. The lowest BCUT2D eigenvalue weighted by Gasteiger charge is -2.08. The highest BCUT2D eigenvalue weighted by Gasteiger charge is 2.09. The second-order valence-corrected chi connectivity index (χ2v) is 5.98. The molecule has 2 rings (SSSR count). The molecule has 0 saturated heterocycles. The first-order chi connectivity index (χ1) is 13.5. The van der Waals surface area contributed by atoms with Crippen LogP contribution in [0, 0.1) is 5.82 Å². The minimum atomic E-state index is -0.678. The molecule has 28 heavy (non-hydrogen) atoms. The Morgan fingerprint density at radius 2 is 1.64 bits per heavy atom. The minimum Gasteiger partial charge on any atom is -0.482 e. The molecule has 0 aliphatic carbocycles. The van der Waals surface area contributed by atoms with Gasteiger partial charge >= 0.3 is 5.97 Å². The van der Waals surface area contributed by atoms with Crippen molar-refractivity contribution in [1.29, 1.82) is 0 Å². The molecule has 148 valence electrons. The van der Waals surface area contributed by atoms with Crippen molar-refractivity contribution >= 4 is 17.7 Å². The third-order valence-electron chi connectivity index (χ3n) is 3.87. The van der Waals surface area contributed by atoms with Gasteiger partial charge in [0.2, 0.25) is 0 Å². The van der Waals surface area contributed by atoms with Crippen LogP contribution >= 0.6 is 0 Å². The van der Waals surface area contributed by atoms with Crippen LogP contribution in [-0.2, 0) is 20.7 Å². The van der Waals surface area contributed by atoms with E-state index >= 15 is 0 Å². The normalized spacial score (nSPS) is 10.2. The van der Waals surface area contributed by atoms with Gasteiger partial charge in [0.25, 0.3) is 5.91 Å². The van der Waals surface area contributed by atoms with E-state index < -0.39 is 18.5 Å². The molecule has 0 radical (unpaired) electrons. The van der Waals surface area contributed by atoms with Gasteiger partial charge in [-0.05, 0) is 48.4 Å². The van der Waals surface area contributed by atoms with Crippen molar-refractivity contribution in [2.75, 3.05) is 19.8 Å². The van der Waals surface area contributed by atoms with Gasteiger partial charge in [-0.25, -0.2) is 9.18 Å². The molecule has 0 heterocycles. The number of esters is 1. The topological polar surface area (TPSA) is 81.7 Å². The molecule has 0 bridgehead atoms. The maximum Gasteiger partial charge on any atom is 0.344 e. The highest BCUT2D eigenvalue weighted by atomic mass is 19.1. The van der Waals surface area contributed by atoms with Crippen LogP contribution in [-0.4, -0.2) is 37.4 Å². The molecule has 2 aromatic rings. The van der Waals surface area contributed by atoms with Crippen molar-refractivity contribution in [3.8, 4) is 5.75 Å². The lowest BCUT2D eigenvalue weighted by molar-refractivity contribution is -0.150. The van der Waals surface area contributed by atoms with E-state index in [0.717, 1.165) is 5.56 Å². The zero-order valence-electron chi connectivity index (χ0n) is 15.6. The Morgan fingerprint density at radius 3 is 2.29 bits per heavy atom. The van der Waals surface area contributed by atoms with Gasteiger partial charge in [0.05, 0.1) is 0 Å². The van der Waals surface area contributed by atoms with Crippen LogP contribution in [0.25, 0.3) is 0 Å². The molecule has 0 atom stereocenters. The van der Waals surface area contributed by atoms with Crippen LogP contribution in [0.15, 0.2) is 48.5 Å². The summed E-state index contributed by atoms with van der Waals surface area (Å²) in [6.07, 6.45) is 0.956. The highest BCUT2D eigenvalue weighted by Crippen LogP contribution is 2.13. The molecule has 0 unspecified atom stereocenters. The lowest BCUT2D eigenvalue weighted by Crippen LogP contribution is -2.31. The number of hydrogen-bond donors (Lipinski definition) is 1. The molecular weight excluding hydrogens is 365 g/mol. The summed E-state index contributed by atoms with van der Waals surface area (Å²) in [5, 5.41) is 2.61. The Labute approximate surface area is 162 Å². The summed E-state index contributed by atoms with van der Waals surface area (Å²) < 4.78 is 22.9. The van der Waals surface area contributed by atoms with E-state index in [1.807, 2.05) is 0 Å². The van der Waals surface area contributed by atoms with Gasteiger partial charge in [0.15, 0.2) is 19.0 Å². The molecule has 0 spiro atoms. The number of hydrogen-bond acceptors (Lipinski definition) is 5. The zero-order valence-corrected chi connectivity index (χ0v) is 15.6. The fourth-order valence-electron chi connectivity index (χ4n) is 2.32. The number of amides is 1. The predicted molar refractivity (Wildman–Crippen MR) is 101 cm³/mol. The molecule has 1 amide bonds. The summed E-state index contributed by atoms with van der Waals surface area (Å²) in [6, 6.07) is 12.4. The molecule has 0 saturated carbocycles. The van der Waals surface area contributed by atoms with Crippen LogP contribution in [0.3, 0.4) is 0 Å². The van der Waals surface area contributed by atoms with Crippen molar-refractivity contribution in [1.82, 2.24) is 5.32 Å². The van der Waals surface area contributed by atoms with Gasteiger partial charge in [0.1, 0.15) is 11.6 Å². The van der Waals surface area contributed by atoms with E-state index in [0.29, 0.717) is 30.7 Å². The summed E-state index contributed by atoms with van der Waals surface area (Å²) in [5.74, 6) is -0.975. The van der Waals surface area contributed by atoms with E-state index in [-0.39, 0.29) is 18.2 Å². The third-order valence-corrected chi connectivity index (χ3v) is 3.87. The Balaban J connectivity index is 1.62. The quantitative estimate of drug-likeness (QED) is 0.501. The van der Waals surface area contributed by atoms with E-state index in [2.05, 4.69) is 5.32 Å². The standard InChI is InChI=1S/C21H22FNO5/c1-2-19(24)16-5-9-18(10-6-16)27-14-21(26)28-13-20(25)23-12-11-15-3-7-17(22)8-4-15/h3-10H,2,11-14H2,1H3,(H,23,25). The maximum absolute atomic E-state index is 12.8. The van der Waals surface area contributed by atoms with Crippen LogP contribution in [0.4, 0.5) is 4.39 Å². The van der Waals surface area contributed by atoms with Crippen molar-refractivity contribution in [3.05, 3.63) is 65.5 Å². The van der Waals surface area contributed by atoms with Gasteiger partial charge in [-0.1, -0.05) is 19.1 Å². The van der Waals surface area contributed by atoms with Gasteiger partial charge in [-0.2, -0.15) is 0 Å². The molecule has 0 aliphatic heterocycles. The highest BCUT2D eigenvalue weighted by molar-refractivity contribution is 5.95. The van der Waals surface area contributed by atoms with E-state index in [4.69, 9.17) is 9.47 Å². The van der Waals surface area contributed by atoms with E-state index in [9.17, 15) is 18.8 Å². The third kappa shape index (κ3) is 7.19. The van der Waals surface area contributed by atoms with Crippen molar-refractivity contribution < 1.29 is 28.2 Å². The summed E-state index contributed by atoms with van der Waals surface area (Å²) in [6.45, 7) is 1.38. The van der Waals surface area contributed by atoms with Crippen LogP contribution < -0.4 is 10.1 Å². The number of rotatable bonds is 10. The number of nitrogens with one attached hydrogen (secondary N) is 1. The zero-order chi connectivity index (χ0) is 20.4. The molecule has 0 aromatic heterocycles. The van der Waals surface area contributed by atoms with E-state index in [1.165, 1.54) is 12.1 Å². The SMILES string of the molecule is CCC(=O)c1ccc(OCC(=O)OCC(=O)NCCc2ccc(F)cc2)cc1. The van der Waals surface area contributed by atoms with E-state index in [1.54, 1.807) is 43.3 Å². The summed E-state index contributed by atoms with van der Waals surface area (Å²) in [4.78, 5) is 34.9. The molecule has 7 heteroatoms. The van der Waals surface area contributed by atoms with Gasteiger partial charge in [-0.3, -0.25) is 9.59 Å². The van der Waals surface area contributed by atoms with Crippen molar-refractivity contribution in [2.45, 2.75) is 19.8 Å². The molecule has 0 fully saturated rings. The molecular formula is C21H22FNO5. The fourth-order valence-corrected chi connectivity index (χ4v) is 2.32. The van der Waals surface area contributed by atoms with Crippen molar-refractivity contribution in [3.63, 3.8) is 0 Å². The van der Waals surface area contributed by atoms with Crippen LogP contribution in [0.2, 0.25) is 0 Å². The number of benzene rings is 2. The van der Waals surface area contributed by atoms with Crippen LogP contribution in [0.1, 0.15) is 29.3 Å². The summed E-state index contributed by atoms with van der Waals surface area (Å²) in [7, 11) is 0. The smallest absolute Gasteiger partial charge is 0.344 e. The number of carbonyl (C=O) groups excluding carboxylic acids is 3. The Bertz CT molecular complexity index is 803. The largest absolute Gasteiger partial charge is 0.482 e. The first kappa shape index (κ1) is 21.1. The van der Waals surface area contributed by atoms with Crippen LogP contribution in [0.5, 0.6) is 5.75 Å². The Hall–Kier alpha value is -3.22. The average molecular weight is 387 g/mol. The summed E-state index contributed by atoms with van der Waals surface area (Å²) in [5.41, 5.74) is 1.47. The predicted octanol–water partition coefficient (Wildman–Crippen LogP) is 2.70. The first-order valence-corrected chi connectivity index (χ1v) is 8.90. The number of ketones is 1. The fraction of sp³-hybridized carbons (Fsp3) is 0.286. The lowest BCUT2D eigenvalue weighted by atomic mass is 10.1. The minimum absolute atomic E-state index is 0.0244. The monoisotopic (exact) mass is 387 g/mol. The second-order valence-electron chi connectivity index (χ2n) is 5.98. The number of ether oxygens (including phenoxy) is 2. The molecule has 0 aliphatic rings. The molecule has 6 nitrogen and oxygen atoms in total. The van der Waals surface area contributed by atoms with Crippen molar-refractivity contribution in [2.24, 2.45) is 0 Å². The number of halogens is 1. The average Bonchev–Trinajstić information content (AvgIpc) is 2.72. The van der Waals surface area contributed by atoms with Gasteiger partial charge in [0, 0.05) is 18.5 Å². The Kier molecular flexibility index (Phi) is 8.14. The number of carbonyl (C=O) groups is 3. The molecule has 1 N–H and O–H groups in total.